The Kier molecular flexibility index (Phi) is 6.99. The van der Waals surface area contributed by atoms with Gasteiger partial charge in [0.05, 0.1) is 5.25 Å². The van der Waals surface area contributed by atoms with Gasteiger partial charge >= 0.3 is 0 Å². The molecule has 0 amide bonds. The molecule has 0 saturated carbocycles. The van der Waals surface area contributed by atoms with Crippen LogP contribution in [-0.2, 0) is 10.0 Å². The Balaban J connectivity index is 3.65. The van der Waals surface area contributed by atoms with Crippen molar-refractivity contribution in [1.29, 1.82) is 0 Å². The van der Waals surface area contributed by atoms with Gasteiger partial charge in [-0.15, -0.1) is 0 Å². The van der Waals surface area contributed by atoms with Gasteiger partial charge in [0.25, 0.3) is 0 Å². The van der Waals surface area contributed by atoms with Crippen LogP contribution in [0.2, 0.25) is 0 Å². The fraction of sp³-hybridized carbons (Fsp3) is 1.00. The predicted octanol–water partition coefficient (Wildman–Crippen LogP) is 2.13. The average molecular weight is 286 g/mol. The van der Waals surface area contributed by atoms with Crippen molar-refractivity contribution in [3.05, 3.63) is 0 Å². The van der Waals surface area contributed by atoms with Crippen molar-refractivity contribution in [3.8, 4) is 0 Å². The second kappa shape index (κ2) is 6.80. The minimum absolute atomic E-state index is 0.337. The Morgan fingerprint density at radius 2 is 1.86 bits per heavy atom. The fourth-order valence-corrected chi connectivity index (χ4v) is 1.99. The third kappa shape index (κ3) is 5.98. The Bertz CT molecular complexity index is 239. The van der Waals surface area contributed by atoms with Crippen molar-refractivity contribution in [3.63, 3.8) is 0 Å². The first-order chi connectivity index (χ1) is 6.40. The minimum Gasteiger partial charge on any atom is -0.215 e. The summed E-state index contributed by atoms with van der Waals surface area (Å²) in [6.07, 6.45) is 1.95. The van der Waals surface area contributed by atoms with Crippen LogP contribution >= 0.6 is 15.9 Å². The summed E-state index contributed by atoms with van der Waals surface area (Å²) in [5.74, 6) is 0.610. The van der Waals surface area contributed by atoms with E-state index < -0.39 is 10.0 Å². The summed E-state index contributed by atoms with van der Waals surface area (Å²) in [6.45, 7) is 6.07. The molecule has 1 N–H and O–H groups in total. The van der Waals surface area contributed by atoms with E-state index in [-0.39, 0.29) is 5.25 Å². The summed E-state index contributed by atoms with van der Waals surface area (Å²) in [5, 5.41) is 0.639. The maximum atomic E-state index is 11.3. The lowest BCUT2D eigenvalue weighted by atomic mass is 10.1. The second-order valence-electron chi connectivity index (χ2n) is 3.89. The number of sulfonamides is 1. The van der Waals surface area contributed by atoms with Gasteiger partial charge in [0, 0.05) is 11.9 Å². The van der Waals surface area contributed by atoms with Crippen LogP contribution < -0.4 is 4.72 Å². The third-order valence-corrected chi connectivity index (χ3v) is 5.01. The topological polar surface area (TPSA) is 46.2 Å². The molecule has 1 atom stereocenters. The highest BCUT2D eigenvalue weighted by molar-refractivity contribution is 9.09. The summed E-state index contributed by atoms with van der Waals surface area (Å²) in [5.41, 5.74) is 0. The zero-order valence-corrected chi connectivity index (χ0v) is 11.5. The number of hydrogen-bond donors (Lipinski definition) is 1. The van der Waals surface area contributed by atoms with Gasteiger partial charge in [0.1, 0.15) is 0 Å². The lowest BCUT2D eigenvalue weighted by Gasteiger charge is -2.10. The summed E-state index contributed by atoms with van der Waals surface area (Å²) in [7, 11) is -3.06. The van der Waals surface area contributed by atoms with E-state index in [4.69, 9.17) is 0 Å². The Hall–Kier alpha value is 0.390. The number of halogens is 1. The van der Waals surface area contributed by atoms with E-state index in [0.29, 0.717) is 12.5 Å². The van der Waals surface area contributed by atoms with Crippen molar-refractivity contribution in [2.45, 2.75) is 38.9 Å². The SMILES string of the molecule is CC(CBr)CCCNS(=O)(=O)C(C)C. The van der Waals surface area contributed by atoms with Gasteiger partial charge in [-0.25, -0.2) is 13.1 Å². The molecule has 0 spiro atoms. The molecular weight excluding hydrogens is 266 g/mol. The van der Waals surface area contributed by atoms with E-state index in [2.05, 4.69) is 27.6 Å². The van der Waals surface area contributed by atoms with Crippen LogP contribution in [0.5, 0.6) is 0 Å². The molecule has 14 heavy (non-hydrogen) atoms. The van der Waals surface area contributed by atoms with Gasteiger partial charge in [0.2, 0.25) is 10.0 Å². The van der Waals surface area contributed by atoms with Gasteiger partial charge in [-0.05, 0) is 32.6 Å². The number of rotatable bonds is 7. The molecule has 0 saturated heterocycles. The molecule has 0 rings (SSSR count). The fourth-order valence-electron chi connectivity index (χ4n) is 0.909. The van der Waals surface area contributed by atoms with Crippen molar-refractivity contribution in [1.82, 2.24) is 4.72 Å². The Labute approximate surface area is 95.8 Å². The highest BCUT2D eigenvalue weighted by Gasteiger charge is 2.14. The van der Waals surface area contributed by atoms with E-state index in [1.165, 1.54) is 0 Å². The summed E-state index contributed by atoms with van der Waals surface area (Å²) < 4.78 is 25.2. The van der Waals surface area contributed by atoms with Crippen molar-refractivity contribution in [2.75, 3.05) is 11.9 Å². The largest absolute Gasteiger partial charge is 0.215 e. The molecule has 1 unspecified atom stereocenters. The molecule has 0 heterocycles. The summed E-state index contributed by atoms with van der Waals surface area (Å²) >= 11 is 3.39. The van der Waals surface area contributed by atoms with Gasteiger partial charge in [-0.1, -0.05) is 22.9 Å². The number of nitrogens with one attached hydrogen (secondary N) is 1. The van der Waals surface area contributed by atoms with Crippen LogP contribution in [0.15, 0.2) is 0 Å². The van der Waals surface area contributed by atoms with Gasteiger partial charge in [-0.3, -0.25) is 0 Å². The van der Waals surface area contributed by atoms with Crippen LogP contribution in [0.25, 0.3) is 0 Å². The zero-order valence-electron chi connectivity index (χ0n) is 9.09. The number of hydrogen-bond acceptors (Lipinski definition) is 2. The molecule has 3 nitrogen and oxygen atoms in total. The van der Waals surface area contributed by atoms with E-state index >= 15 is 0 Å². The monoisotopic (exact) mass is 285 g/mol. The molecule has 0 fully saturated rings. The van der Waals surface area contributed by atoms with Crippen LogP contribution in [-0.4, -0.2) is 25.5 Å². The lowest BCUT2D eigenvalue weighted by molar-refractivity contribution is 0.542. The molecule has 0 aromatic rings. The maximum Gasteiger partial charge on any atom is 0.213 e. The zero-order chi connectivity index (χ0) is 11.2. The van der Waals surface area contributed by atoms with Gasteiger partial charge in [0.15, 0.2) is 0 Å². The molecule has 0 aliphatic rings. The quantitative estimate of drug-likeness (QED) is 0.575. The Morgan fingerprint density at radius 3 is 2.29 bits per heavy atom. The first-order valence-corrected chi connectivity index (χ1v) is 7.61. The van der Waals surface area contributed by atoms with Crippen LogP contribution in [0, 0.1) is 5.92 Å². The average Bonchev–Trinajstić information content (AvgIpc) is 2.11. The van der Waals surface area contributed by atoms with Crippen molar-refractivity contribution < 1.29 is 8.42 Å². The molecule has 0 radical (unpaired) electrons. The van der Waals surface area contributed by atoms with Crippen molar-refractivity contribution in [2.24, 2.45) is 5.92 Å². The van der Waals surface area contributed by atoms with E-state index in [9.17, 15) is 8.42 Å². The van der Waals surface area contributed by atoms with E-state index in [0.717, 1.165) is 18.2 Å². The maximum absolute atomic E-state index is 11.3. The standard InChI is InChI=1S/C9H20BrNO2S/c1-8(2)14(12,13)11-6-4-5-9(3)7-10/h8-9,11H,4-7H2,1-3H3. The summed E-state index contributed by atoms with van der Waals surface area (Å²) in [6, 6.07) is 0. The molecular formula is C9H20BrNO2S. The predicted molar refractivity (Wildman–Crippen MR) is 64.3 cm³/mol. The molecule has 86 valence electrons. The molecule has 5 heteroatoms. The first-order valence-electron chi connectivity index (χ1n) is 4.94. The second-order valence-corrected chi connectivity index (χ2v) is 6.86. The van der Waals surface area contributed by atoms with E-state index in [1.807, 2.05) is 0 Å². The van der Waals surface area contributed by atoms with Crippen LogP contribution in [0.4, 0.5) is 0 Å². The smallest absolute Gasteiger partial charge is 0.213 e. The molecule has 0 bridgehead atoms. The highest BCUT2D eigenvalue weighted by atomic mass is 79.9. The minimum atomic E-state index is -3.06. The van der Waals surface area contributed by atoms with Crippen LogP contribution in [0.3, 0.4) is 0 Å². The van der Waals surface area contributed by atoms with E-state index in [1.54, 1.807) is 13.8 Å². The van der Waals surface area contributed by atoms with Gasteiger partial charge in [-0.2, -0.15) is 0 Å². The Morgan fingerprint density at radius 1 is 1.29 bits per heavy atom. The normalized spacial score (nSPS) is 14.6. The highest BCUT2D eigenvalue weighted by Crippen LogP contribution is 2.07. The lowest BCUT2D eigenvalue weighted by Crippen LogP contribution is -2.31. The van der Waals surface area contributed by atoms with Crippen LogP contribution in [0.1, 0.15) is 33.6 Å². The molecule has 0 aliphatic heterocycles. The van der Waals surface area contributed by atoms with Crippen molar-refractivity contribution >= 4 is 26.0 Å². The first kappa shape index (κ1) is 14.4. The molecule has 0 aromatic heterocycles. The number of alkyl halides is 1. The molecule has 0 aliphatic carbocycles. The summed E-state index contributed by atoms with van der Waals surface area (Å²) in [4.78, 5) is 0. The van der Waals surface area contributed by atoms with Gasteiger partial charge < -0.3 is 0 Å². The molecule has 0 aromatic carbocycles. The third-order valence-electron chi connectivity index (χ3n) is 2.06.